The Labute approximate surface area is 97.0 Å². The largest absolute Gasteiger partial charge is 0.303 e. The summed E-state index contributed by atoms with van der Waals surface area (Å²) in [7, 11) is 0. The number of rotatable bonds is 8. The van der Waals surface area contributed by atoms with Crippen LogP contribution < -0.4 is 0 Å². The van der Waals surface area contributed by atoms with Gasteiger partial charge < -0.3 is 4.79 Å². The molecule has 1 heterocycles. The lowest BCUT2D eigenvalue weighted by Gasteiger charge is -2.08. The summed E-state index contributed by atoms with van der Waals surface area (Å²) in [6, 6.07) is 0. The second kappa shape index (κ2) is 7.14. The van der Waals surface area contributed by atoms with Gasteiger partial charge in [-0.1, -0.05) is 25.5 Å². The zero-order chi connectivity index (χ0) is 11.8. The fourth-order valence-corrected chi connectivity index (χ4v) is 1.79. The van der Waals surface area contributed by atoms with E-state index >= 15 is 0 Å². The van der Waals surface area contributed by atoms with E-state index in [1.165, 1.54) is 5.69 Å². The Kier molecular flexibility index (Phi) is 5.75. The molecule has 0 bridgehead atoms. The van der Waals surface area contributed by atoms with Crippen molar-refractivity contribution in [2.24, 2.45) is 5.92 Å². The minimum absolute atomic E-state index is 0.207. The van der Waals surface area contributed by atoms with Crippen LogP contribution in [0.15, 0.2) is 6.20 Å². The first-order valence-electron chi connectivity index (χ1n) is 6.14. The molecule has 0 fully saturated rings. The Morgan fingerprint density at radius 3 is 2.94 bits per heavy atom. The molecule has 0 aliphatic heterocycles. The van der Waals surface area contributed by atoms with E-state index < -0.39 is 0 Å². The Morgan fingerprint density at radius 1 is 1.50 bits per heavy atom. The third-order valence-corrected chi connectivity index (χ3v) is 2.87. The number of hydrogen-bond acceptors (Lipinski definition) is 3. The summed E-state index contributed by atoms with van der Waals surface area (Å²) in [4.78, 5) is 10.7. The summed E-state index contributed by atoms with van der Waals surface area (Å²) < 4.78 is 1.96. The lowest BCUT2D eigenvalue weighted by Crippen LogP contribution is -2.08. The molecule has 0 aliphatic carbocycles. The average molecular weight is 223 g/mol. The molecular weight excluding hydrogens is 202 g/mol. The number of aromatic nitrogens is 3. The molecule has 1 aromatic heterocycles. The van der Waals surface area contributed by atoms with Crippen molar-refractivity contribution >= 4 is 6.29 Å². The highest BCUT2D eigenvalue weighted by atomic mass is 16.1. The summed E-state index contributed by atoms with van der Waals surface area (Å²) in [6.45, 7) is 5.08. The summed E-state index contributed by atoms with van der Waals surface area (Å²) in [6.07, 6.45) is 7.91. The van der Waals surface area contributed by atoms with Gasteiger partial charge in [0.1, 0.15) is 6.29 Å². The summed E-state index contributed by atoms with van der Waals surface area (Å²) >= 11 is 0. The van der Waals surface area contributed by atoms with Crippen LogP contribution >= 0.6 is 0 Å². The van der Waals surface area contributed by atoms with E-state index in [0.717, 1.165) is 44.9 Å². The molecule has 0 amide bonds. The second-order valence-electron chi connectivity index (χ2n) is 4.15. The van der Waals surface area contributed by atoms with Crippen molar-refractivity contribution in [3.8, 4) is 0 Å². The molecule has 1 rings (SSSR count). The van der Waals surface area contributed by atoms with E-state index in [1.807, 2.05) is 10.9 Å². The smallest absolute Gasteiger partial charge is 0.123 e. The van der Waals surface area contributed by atoms with Crippen molar-refractivity contribution in [2.75, 3.05) is 0 Å². The number of aryl methyl sites for hydroxylation is 2. The maximum atomic E-state index is 10.7. The highest BCUT2D eigenvalue weighted by Gasteiger charge is 2.06. The molecule has 90 valence electrons. The number of carbonyl (C=O) groups excluding carboxylic acids is 1. The van der Waals surface area contributed by atoms with Gasteiger partial charge >= 0.3 is 0 Å². The average Bonchev–Trinajstić information content (AvgIpc) is 2.73. The van der Waals surface area contributed by atoms with Gasteiger partial charge in [-0.15, -0.1) is 5.10 Å². The number of aldehydes is 1. The van der Waals surface area contributed by atoms with Crippen molar-refractivity contribution in [2.45, 2.75) is 52.5 Å². The Balaban J connectivity index is 2.36. The van der Waals surface area contributed by atoms with Crippen molar-refractivity contribution in [3.05, 3.63) is 11.9 Å². The molecule has 1 atom stereocenters. The van der Waals surface area contributed by atoms with Crippen LogP contribution in [0.4, 0.5) is 0 Å². The highest BCUT2D eigenvalue weighted by molar-refractivity contribution is 5.53. The van der Waals surface area contributed by atoms with E-state index in [9.17, 15) is 4.79 Å². The van der Waals surface area contributed by atoms with E-state index in [4.69, 9.17) is 0 Å². The van der Waals surface area contributed by atoms with Gasteiger partial charge in [0.2, 0.25) is 0 Å². The van der Waals surface area contributed by atoms with E-state index in [2.05, 4.69) is 24.2 Å². The second-order valence-corrected chi connectivity index (χ2v) is 4.15. The van der Waals surface area contributed by atoms with E-state index in [0.29, 0.717) is 0 Å². The van der Waals surface area contributed by atoms with Crippen LogP contribution in [0.1, 0.15) is 45.2 Å². The van der Waals surface area contributed by atoms with Crippen molar-refractivity contribution < 1.29 is 4.79 Å². The first-order chi connectivity index (χ1) is 7.81. The normalized spacial score (nSPS) is 12.6. The fraction of sp³-hybridized carbons (Fsp3) is 0.750. The van der Waals surface area contributed by atoms with Crippen LogP contribution in [0.2, 0.25) is 0 Å². The van der Waals surface area contributed by atoms with Gasteiger partial charge in [-0.25, -0.2) is 4.68 Å². The molecule has 4 nitrogen and oxygen atoms in total. The topological polar surface area (TPSA) is 47.8 Å². The minimum Gasteiger partial charge on any atom is -0.303 e. The number of hydrogen-bond donors (Lipinski definition) is 0. The Bertz CT molecular complexity index is 309. The van der Waals surface area contributed by atoms with Gasteiger partial charge in [-0.3, -0.25) is 0 Å². The van der Waals surface area contributed by atoms with Crippen molar-refractivity contribution in [1.29, 1.82) is 0 Å². The molecule has 0 aromatic carbocycles. The van der Waals surface area contributed by atoms with Gasteiger partial charge in [0.15, 0.2) is 0 Å². The van der Waals surface area contributed by atoms with Crippen LogP contribution in [0.5, 0.6) is 0 Å². The van der Waals surface area contributed by atoms with Gasteiger partial charge in [-0.05, 0) is 25.7 Å². The SMILES string of the molecule is CCCc1cnnn1CCCC(C=O)CC. The molecule has 0 saturated carbocycles. The third kappa shape index (κ3) is 3.76. The van der Waals surface area contributed by atoms with Crippen molar-refractivity contribution in [1.82, 2.24) is 15.0 Å². The first kappa shape index (κ1) is 12.9. The fourth-order valence-electron chi connectivity index (χ4n) is 1.79. The third-order valence-electron chi connectivity index (χ3n) is 2.87. The van der Waals surface area contributed by atoms with Crippen LogP contribution in [0.3, 0.4) is 0 Å². The summed E-state index contributed by atoms with van der Waals surface area (Å²) in [5.74, 6) is 0.207. The van der Waals surface area contributed by atoms with Gasteiger partial charge in [0, 0.05) is 12.5 Å². The molecular formula is C12H21N3O. The molecule has 1 aromatic rings. The molecule has 0 saturated heterocycles. The van der Waals surface area contributed by atoms with Gasteiger partial charge in [0.05, 0.1) is 11.9 Å². The van der Waals surface area contributed by atoms with Crippen LogP contribution in [0, 0.1) is 5.92 Å². The zero-order valence-electron chi connectivity index (χ0n) is 10.2. The van der Waals surface area contributed by atoms with Crippen LogP contribution in [-0.2, 0) is 17.8 Å². The van der Waals surface area contributed by atoms with E-state index in [-0.39, 0.29) is 5.92 Å². The molecule has 1 unspecified atom stereocenters. The molecule has 0 N–H and O–H groups in total. The standard InChI is InChI=1S/C12H21N3O/c1-3-6-12-9-13-14-15(12)8-5-7-11(4-2)10-16/h9-11H,3-8H2,1-2H3. The minimum atomic E-state index is 0.207. The lowest BCUT2D eigenvalue weighted by atomic mass is 10.0. The number of nitrogens with zero attached hydrogens (tertiary/aromatic N) is 3. The lowest BCUT2D eigenvalue weighted by molar-refractivity contribution is -0.111. The zero-order valence-corrected chi connectivity index (χ0v) is 10.2. The molecule has 4 heteroatoms. The monoisotopic (exact) mass is 223 g/mol. The molecule has 16 heavy (non-hydrogen) atoms. The van der Waals surface area contributed by atoms with Crippen molar-refractivity contribution in [3.63, 3.8) is 0 Å². The predicted octanol–water partition coefficient (Wildman–Crippen LogP) is 2.24. The van der Waals surface area contributed by atoms with Gasteiger partial charge in [0.25, 0.3) is 0 Å². The quantitative estimate of drug-likeness (QED) is 0.635. The van der Waals surface area contributed by atoms with Crippen LogP contribution in [-0.4, -0.2) is 21.3 Å². The summed E-state index contributed by atoms with van der Waals surface area (Å²) in [5.41, 5.74) is 1.20. The maximum Gasteiger partial charge on any atom is 0.123 e. The Hall–Kier alpha value is -1.19. The highest BCUT2D eigenvalue weighted by Crippen LogP contribution is 2.10. The van der Waals surface area contributed by atoms with Gasteiger partial charge in [-0.2, -0.15) is 0 Å². The molecule has 0 aliphatic rings. The Morgan fingerprint density at radius 2 is 2.31 bits per heavy atom. The molecule has 0 radical (unpaired) electrons. The van der Waals surface area contributed by atoms with E-state index in [1.54, 1.807) is 0 Å². The van der Waals surface area contributed by atoms with Crippen LogP contribution in [0.25, 0.3) is 0 Å². The maximum absolute atomic E-state index is 10.7. The number of carbonyl (C=O) groups is 1. The first-order valence-corrected chi connectivity index (χ1v) is 6.14. The predicted molar refractivity (Wildman–Crippen MR) is 63.1 cm³/mol. The molecule has 0 spiro atoms. The summed E-state index contributed by atoms with van der Waals surface area (Å²) in [5, 5.41) is 7.98.